The largest absolute Gasteiger partial charge is 0.248 e. The van der Waals surface area contributed by atoms with Gasteiger partial charge in [0.15, 0.2) is 0 Å². The summed E-state index contributed by atoms with van der Waals surface area (Å²) in [4.78, 5) is 10.5. The van der Waals surface area contributed by atoms with E-state index >= 15 is 0 Å². The van der Waals surface area contributed by atoms with Gasteiger partial charge in [-0.25, -0.2) is 9.97 Å². The van der Waals surface area contributed by atoms with Crippen LogP contribution in [0.5, 0.6) is 0 Å². The second-order valence-electron chi connectivity index (χ2n) is 14.6. The minimum Gasteiger partial charge on any atom is -0.248 e. The van der Waals surface area contributed by atoms with E-state index in [-0.39, 0.29) is 0 Å². The molecule has 0 amide bonds. The van der Waals surface area contributed by atoms with Gasteiger partial charge in [0.1, 0.15) is 0 Å². The molecule has 2 aromatic heterocycles. The number of aromatic nitrogens is 2. The molecule has 2 heterocycles. The Balaban J connectivity index is 1.02. The van der Waals surface area contributed by atoms with Crippen molar-refractivity contribution < 1.29 is 0 Å². The molecule has 0 aliphatic heterocycles. The highest BCUT2D eigenvalue weighted by atomic mass is 14.7. The van der Waals surface area contributed by atoms with Crippen LogP contribution in [0.4, 0.5) is 0 Å². The maximum atomic E-state index is 5.30. The van der Waals surface area contributed by atoms with E-state index in [0.29, 0.717) is 0 Å². The van der Waals surface area contributed by atoms with E-state index in [0.717, 1.165) is 66.9 Å². The van der Waals surface area contributed by atoms with Crippen molar-refractivity contribution in [1.82, 2.24) is 9.97 Å². The van der Waals surface area contributed by atoms with Crippen molar-refractivity contribution in [2.24, 2.45) is 0 Å². The van der Waals surface area contributed by atoms with Crippen molar-refractivity contribution in [3.05, 3.63) is 231 Å². The standard InChI is InChI=1S/C56H38N2/c1-4-16-39(17-5-1)42-22-12-23-43(32-42)44-24-13-25-45(33-44)46-26-14-27-47(34-46)48-28-15-29-49(35-48)55-38-52(51-30-10-11-31-53(51)57-55)56-37-50(40-18-6-2-7-19-40)36-54(58-56)41-20-8-3-9-21-41/h1-38H. The summed E-state index contributed by atoms with van der Waals surface area (Å²) >= 11 is 0. The molecule has 0 radical (unpaired) electrons. The Hall–Kier alpha value is -7.68. The Bertz CT molecular complexity index is 2990. The van der Waals surface area contributed by atoms with Crippen molar-refractivity contribution in [1.29, 1.82) is 0 Å². The first kappa shape index (κ1) is 34.8. The van der Waals surface area contributed by atoms with E-state index in [1.807, 2.05) is 6.07 Å². The van der Waals surface area contributed by atoms with Crippen LogP contribution in [0.1, 0.15) is 0 Å². The van der Waals surface area contributed by atoms with Gasteiger partial charge in [-0.3, -0.25) is 0 Å². The highest BCUT2D eigenvalue weighted by molar-refractivity contribution is 5.97. The molecule has 10 aromatic rings. The van der Waals surface area contributed by atoms with Crippen LogP contribution in [-0.4, -0.2) is 9.97 Å². The average Bonchev–Trinajstić information content (AvgIpc) is 3.32. The lowest BCUT2D eigenvalue weighted by molar-refractivity contribution is 1.32. The molecular weight excluding hydrogens is 701 g/mol. The fraction of sp³-hybridized carbons (Fsp3) is 0. The maximum absolute atomic E-state index is 5.30. The van der Waals surface area contributed by atoms with Gasteiger partial charge in [-0.15, -0.1) is 0 Å². The molecule has 0 N–H and O–H groups in total. The zero-order valence-electron chi connectivity index (χ0n) is 31.8. The Morgan fingerprint density at radius 3 is 1.10 bits per heavy atom. The van der Waals surface area contributed by atoms with Crippen molar-refractivity contribution >= 4 is 10.9 Å². The summed E-state index contributed by atoms with van der Waals surface area (Å²) in [5, 5.41) is 1.07. The van der Waals surface area contributed by atoms with Gasteiger partial charge in [0, 0.05) is 22.1 Å². The molecule has 2 heteroatoms. The number of para-hydroxylation sites is 1. The molecule has 0 saturated carbocycles. The first-order valence-corrected chi connectivity index (χ1v) is 19.7. The smallest absolute Gasteiger partial charge is 0.0723 e. The van der Waals surface area contributed by atoms with Crippen LogP contribution in [0, 0.1) is 0 Å². The molecule has 0 fully saturated rings. The third-order valence-electron chi connectivity index (χ3n) is 10.8. The fourth-order valence-electron chi connectivity index (χ4n) is 7.88. The van der Waals surface area contributed by atoms with Gasteiger partial charge in [-0.2, -0.15) is 0 Å². The lowest BCUT2D eigenvalue weighted by atomic mass is 9.94. The zero-order chi connectivity index (χ0) is 38.7. The molecule has 0 saturated heterocycles. The summed E-state index contributed by atoms with van der Waals surface area (Å²) in [6.45, 7) is 0. The molecule has 0 aliphatic rings. The molecule has 58 heavy (non-hydrogen) atoms. The molecule has 0 bridgehead atoms. The summed E-state index contributed by atoms with van der Waals surface area (Å²) in [5.74, 6) is 0. The van der Waals surface area contributed by atoms with Crippen LogP contribution in [-0.2, 0) is 0 Å². The maximum Gasteiger partial charge on any atom is 0.0723 e. The number of nitrogens with zero attached hydrogens (tertiary/aromatic N) is 2. The molecule has 0 spiro atoms. The van der Waals surface area contributed by atoms with E-state index in [9.17, 15) is 0 Å². The summed E-state index contributed by atoms with van der Waals surface area (Å²) < 4.78 is 0. The number of rotatable bonds is 8. The second-order valence-corrected chi connectivity index (χ2v) is 14.6. The van der Waals surface area contributed by atoms with Gasteiger partial charge < -0.3 is 0 Å². The number of hydrogen-bond acceptors (Lipinski definition) is 2. The quantitative estimate of drug-likeness (QED) is 0.155. The molecule has 8 aromatic carbocycles. The van der Waals surface area contributed by atoms with Crippen LogP contribution in [0.25, 0.3) is 100 Å². The lowest BCUT2D eigenvalue weighted by Gasteiger charge is -2.14. The van der Waals surface area contributed by atoms with Crippen LogP contribution in [0.15, 0.2) is 231 Å². The van der Waals surface area contributed by atoms with Crippen molar-refractivity contribution in [2.75, 3.05) is 0 Å². The summed E-state index contributed by atoms with van der Waals surface area (Å²) in [6.07, 6.45) is 0. The molecule has 0 unspecified atom stereocenters. The number of hydrogen-bond donors (Lipinski definition) is 0. The van der Waals surface area contributed by atoms with Crippen LogP contribution < -0.4 is 0 Å². The number of benzene rings is 8. The van der Waals surface area contributed by atoms with Gasteiger partial charge in [-0.05, 0) is 104 Å². The van der Waals surface area contributed by atoms with Crippen molar-refractivity contribution in [3.8, 4) is 89.4 Å². The second kappa shape index (κ2) is 15.5. The van der Waals surface area contributed by atoms with Gasteiger partial charge in [-0.1, -0.05) is 182 Å². The van der Waals surface area contributed by atoms with Crippen LogP contribution >= 0.6 is 0 Å². The predicted molar refractivity (Wildman–Crippen MR) is 243 cm³/mol. The SMILES string of the molecule is c1ccc(-c2cccc(-c3cccc(-c4cccc(-c5cccc(-c6cc(-c7cc(-c8ccccc8)cc(-c8ccccc8)n7)c7ccccc7n6)c5)c4)c3)c2)cc1. The van der Waals surface area contributed by atoms with Gasteiger partial charge >= 0.3 is 0 Å². The number of fused-ring (bicyclic) bond motifs is 1. The van der Waals surface area contributed by atoms with E-state index in [1.54, 1.807) is 0 Å². The monoisotopic (exact) mass is 738 g/mol. The summed E-state index contributed by atoms with van der Waals surface area (Å²) in [6, 6.07) is 81.8. The summed E-state index contributed by atoms with van der Waals surface area (Å²) in [7, 11) is 0. The van der Waals surface area contributed by atoms with E-state index < -0.39 is 0 Å². The topological polar surface area (TPSA) is 25.8 Å². The number of pyridine rings is 2. The van der Waals surface area contributed by atoms with E-state index in [1.165, 1.54) is 33.4 Å². The van der Waals surface area contributed by atoms with Crippen molar-refractivity contribution in [2.45, 2.75) is 0 Å². The third kappa shape index (κ3) is 7.11. The van der Waals surface area contributed by atoms with Crippen LogP contribution in [0.2, 0.25) is 0 Å². The van der Waals surface area contributed by atoms with Crippen LogP contribution in [0.3, 0.4) is 0 Å². The first-order valence-electron chi connectivity index (χ1n) is 19.7. The molecule has 0 atom stereocenters. The lowest BCUT2D eigenvalue weighted by Crippen LogP contribution is -1.95. The average molecular weight is 739 g/mol. The Kier molecular flexibility index (Phi) is 9.27. The molecule has 2 nitrogen and oxygen atoms in total. The van der Waals surface area contributed by atoms with Gasteiger partial charge in [0.25, 0.3) is 0 Å². The normalized spacial score (nSPS) is 11.1. The fourth-order valence-corrected chi connectivity index (χ4v) is 7.88. The zero-order valence-corrected chi connectivity index (χ0v) is 31.8. The third-order valence-corrected chi connectivity index (χ3v) is 10.8. The highest BCUT2D eigenvalue weighted by Crippen LogP contribution is 2.37. The van der Waals surface area contributed by atoms with E-state index in [2.05, 4.69) is 224 Å². The molecular formula is C56H38N2. The molecule has 10 rings (SSSR count). The minimum atomic E-state index is 0.908. The molecule has 272 valence electrons. The Morgan fingerprint density at radius 2 is 0.569 bits per heavy atom. The van der Waals surface area contributed by atoms with Gasteiger partial charge in [0.05, 0.1) is 22.6 Å². The Morgan fingerprint density at radius 1 is 0.207 bits per heavy atom. The highest BCUT2D eigenvalue weighted by Gasteiger charge is 2.15. The van der Waals surface area contributed by atoms with E-state index in [4.69, 9.17) is 9.97 Å². The molecule has 0 aliphatic carbocycles. The first-order chi connectivity index (χ1) is 28.7. The van der Waals surface area contributed by atoms with Crippen molar-refractivity contribution in [3.63, 3.8) is 0 Å². The Labute approximate surface area is 339 Å². The van der Waals surface area contributed by atoms with Gasteiger partial charge in [0.2, 0.25) is 0 Å². The predicted octanol–water partition coefficient (Wildman–Crippen LogP) is 15.0. The summed E-state index contributed by atoms with van der Waals surface area (Å²) in [5.41, 5.74) is 18.6. The minimum absolute atomic E-state index is 0.908.